The molecule has 1 aromatic heterocycles. The third-order valence-corrected chi connectivity index (χ3v) is 4.25. The first-order valence-corrected chi connectivity index (χ1v) is 9.21. The molecule has 1 atom stereocenters. The number of hydrogen-bond donors (Lipinski definition) is 1. The molecule has 0 fully saturated rings. The fraction of sp³-hybridized carbons (Fsp3) is 0.0870. The summed E-state index contributed by atoms with van der Waals surface area (Å²) in [5.74, 6) is 1.22. The Morgan fingerprint density at radius 3 is 2.21 bits per heavy atom. The molecule has 0 unspecified atom stereocenters. The van der Waals surface area contributed by atoms with Gasteiger partial charge in [-0.1, -0.05) is 42.5 Å². The highest BCUT2D eigenvalue weighted by atomic mass is 16.5. The van der Waals surface area contributed by atoms with Gasteiger partial charge in [0.15, 0.2) is 6.10 Å². The molecule has 0 saturated heterocycles. The number of nitrogens with zero attached hydrogens (tertiary/aromatic N) is 2. The lowest BCUT2D eigenvalue weighted by molar-refractivity contribution is -0.122. The highest BCUT2D eigenvalue weighted by molar-refractivity contribution is 5.94. The van der Waals surface area contributed by atoms with Crippen LogP contribution in [0, 0.1) is 0 Å². The third kappa shape index (κ3) is 4.50. The van der Waals surface area contributed by atoms with Gasteiger partial charge in [-0.15, -0.1) is 10.2 Å². The summed E-state index contributed by atoms with van der Waals surface area (Å²) < 4.78 is 11.4. The second-order valence-corrected chi connectivity index (χ2v) is 6.42. The zero-order valence-corrected chi connectivity index (χ0v) is 15.8. The van der Waals surface area contributed by atoms with E-state index in [1.54, 1.807) is 19.1 Å². The Balaban J connectivity index is 1.46. The highest BCUT2D eigenvalue weighted by Crippen LogP contribution is 2.25. The number of nitrogens with one attached hydrogen (secondary N) is 1. The van der Waals surface area contributed by atoms with E-state index in [2.05, 4.69) is 15.5 Å². The first-order valence-electron chi connectivity index (χ1n) is 9.21. The molecule has 29 heavy (non-hydrogen) atoms. The minimum Gasteiger partial charge on any atom is -0.481 e. The van der Waals surface area contributed by atoms with Crippen molar-refractivity contribution < 1.29 is 13.9 Å². The van der Waals surface area contributed by atoms with Crippen molar-refractivity contribution in [1.82, 2.24) is 10.2 Å². The Morgan fingerprint density at radius 2 is 1.48 bits per heavy atom. The number of para-hydroxylation sites is 1. The van der Waals surface area contributed by atoms with Gasteiger partial charge >= 0.3 is 0 Å². The molecule has 1 amide bonds. The average Bonchev–Trinajstić information content (AvgIpc) is 3.26. The molecule has 0 saturated carbocycles. The maximum atomic E-state index is 12.5. The van der Waals surface area contributed by atoms with E-state index in [1.165, 1.54) is 0 Å². The lowest BCUT2D eigenvalue weighted by Crippen LogP contribution is -2.30. The van der Waals surface area contributed by atoms with Crippen molar-refractivity contribution in [2.45, 2.75) is 13.0 Å². The van der Waals surface area contributed by atoms with Gasteiger partial charge in [0.05, 0.1) is 0 Å². The number of aromatic nitrogens is 2. The summed E-state index contributed by atoms with van der Waals surface area (Å²) in [4.78, 5) is 12.5. The molecule has 0 aliphatic carbocycles. The number of amides is 1. The third-order valence-electron chi connectivity index (χ3n) is 4.25. The molecule has 6 heteroatoms. The number of hydrogen-bond acceptors (Lipinski definition) is 5. The fourth-order valence-corrected chi connectivity index (χ4v) is 2.77. The van der Waals surface area contributed by atoms with E-state index in [1.807, 2.05) is 72.8 Å². The lowest BCUT2D eigenvalue weighted by atomic mass is 10.2. The predicted octanol–water partition coefficient (Wildman–Crippen LogP) is 4.81. The van der Waals surface area contributed by atoms with Crippen LogP contribution < -0.4 is 10.1 Å². The molecule has 144 valence electrons. The van der Waals surface area contributed by atoms with Gasteiger partial charge in [0, 0.05) is 16.8 Å². The summed E-state index contributed by atoms with van der Waals surface area (Å²) >= 11 is 0. The molecule has 0 spiro atoms. The van der Waals surface area contributed by atoms with Crippen LogP contribution in [0.4, 0.5) is 5.69 Å². The predicted molar refractivity (Wildman–Crippen MR) is 110 cm³/mol. The number of anilines is 1. The van der Waals surface area contributed by atoms with E-state index in [0.29, 0.717) is 28.8 Å². The quantitative estimate of drug-likeness (QED) is 0.515. The van der Waals surface area contributed by atoms with Crippen LogP contribution in [-0.4, -0.2) is 22.2 Å². The van der Waals surface area contributed by atoms with Crippen LogP contribution >= 0.6 is 0 Å². The smallest absolute Gasteiger partial charge is 0.265 e. The van der Waals surface area contributed by atoms with Gasteiger partial charge in [0.25, 0.3) is 5.91 Å². The van der Waals surface area contributed by atoms with Crippen molar-refractivity contribution in [2.24, 2.45) is 0 Å². The second kappa shape index (κ2) is 8.39. The number of carbonyl (C=O) groups excluding carboxylic acids is 1. The van der Waals surface area contributed by atoms with E-state index < -0.39 is 6.10 Å². The van der Waals surface area contributed by atoms with E-state index in [-0.39, 0.29) is 5.91 Å². The molecule has 6 nitrogen and oxygen atoms in total. The van der Waals surface area contributed by atoms with Crippen molar-refractivity contribution in [3.63, 3.8) is 0 Å². The minimum atomic E-state index is -0.644. The van der Waals surface area contributed by atoms with Crippen LogP contribution in [0.5, 0.6) is 5.75 Å². The normalized spacial score (nSPS) is 11.6. The van der Waals surface area contributed by atoms with E-state index in [0.717, 1.165) is 5.56 Å². The van der Waals surface area contributed by atoms with Crippen LogP contribution in [-0.2, 0) is 4.79 Å². The maximum Gasteiger partial charge on any atom is 0.265 e. The summed E-state index contributed by atoms with van der Waals surface area (Å²) in [5.41, 5.74) is 2.19. The number of carbonyl (C=O) groups is 1. The Bertz CT molecular complexity index is 1090. The molecule has 0 aliphatic rings. The van der Waals surface area contributed by atoms with Crippen LogP contribution in [0.1, 0.15) is 6.92 Å². The second-order valence-electron chi connectivity index (χ2n) is 6.42. The molecular formula is C23H19N3O3. The number of benzene rings is 3. The Hall–Kier alpha value is -3.93. The zero-order valence-electron chi connectivity index (χ0n) is 15.8. The molecule has 0 radical (unpaired) electrons. The summed E-state index contributed by atoms with van der Waals surface area (Å²) in [5, 5.41) is 11.1. The van der Waals surface area contributed by atoms with E-state index in [9.17, 15) is 4.79 Å². The van der Waals surface area contributed by atoms with Crippen molar-refractivity contribution in [3.05, 3.63) is 84.9 Å². The largest absolute Gasteiger partial charge is 0.481 e. The van der Waals surface area contributed by atoms with Gasteiger partial charge in [-0.25, -0.2) is 0 Å². The van der Waals surface area contributed by atoms with Gasteiger partial charge in [0.2, 0.25) is 11.8 Å². The van der Waals surface area contributed by atoms with Gasteiger partial charge in [0.1, 0.15) is 5.75 Å². The monoisotopic (exact) mass is 385 g/mol. The molecule has 1 heterocycles. The molecule has 1 N–H and O–H groups in total. The van der Waals surface area contributed by atoms with Crippen molar-refractivity contribution in [2.75, 3.05) is 5.32 Å². The first-order chi connectivity index (χ1) is 14.2. The fourth-order valence-electron chi connectivity index (χ4n) is 2.77. The molecule has 3 aromatic carbocycles. The van der Waals surface area contributed by atoms with Crippen molar-refractivity contribution in [1.29, 1.82) is 0 Å². The van der Waals surface area contributed by atoms with E-state index in [4.69, 9.17) is 9.15 Å². The summed E-state index contributed by atoms with van der Waals surface area (Å²) in [6.45, 7) is 1.70. The average molecular weight is 385 g/mol. The van der Waals surface area contributed by atoms with E-state index >= 15 is 0 Å². The molecule has 4 rings (SSSR count). The maximum absolute atomic E-state index is 12.5. The van der Waals surface area contributed by atoms with Crippen LogP contribution in [0.15, 0.2) is 89.3 Å². The van der Waals surface area contributed by atoms with Gasteiger partial charge in [-0.2, -0.15) is 0 Å². The highest BCUT2D eigenvalue weighted by Gasteiger charge is 2.16. The van der Waals surface area contributed by atoms with Crippen LogP contribution in [0.3, 0.4) is 0 Å². The topological polar surface area (TPSA) is 77.2 Å². The summed E-state index contributed by atoms with van der Waals surface area (Å²) in [7, 11) is 0. The van der Waals surface area contributed by atoms with Crippen molar-refractivity contribution >= 4 is 11.6 Å². The molecular weight excluding hydrogens is 366 g/mol. The number of rotatable bonds is 6. The standard InChI is InChI=1S/C23H19N3O3/c1-16(28-20-13-6-3-7-14-20)21(27)24-19-12-8-11-18(15-19)23-26-25-22(29-23)17-9-4-2-5-10-17/h2-16H,1H3,(H,24,27)/t16-/m0/s1. The van der Waals surface area contributed by atoms with Crippen molar-refractivity contribution in [3.8, 4) is 28.7 Å². The Morgan fingerprint density at radius 1 is 0.862 bits per heavy atom. The molecule has 0 bridgehead atoms. The Kier molecular flexibility index (Phi) is 5.33. The SMILES string of the molecule is C[C@H](Oc1ccccc1)C(=O)Nc1cccc(-c2nnc(-c3ccccc3)o2)c1. The summed E-state index contributed by atoms with van der Waals surface area (Å²) in [6.07, 6.45) is -0.644. The molecule has 4 aromatic rings. The molecule has 0 aliphatic heterocycles. The van der Waals surface area contributed by atoms with Crippen LogP contribution in [0.25, 0.3) is 22.9 Å². The Labute approximate surface area is 168 Å². The number of ether oxygens (including phenoxy) is 1. The van der Waals surface area contributed by atoms with Crippen LogP contribution in [0.2, 0.25) is 0 Å². The zero-order chi connectivity index (χ0) is 20.1. The minimum absolute atomic E-state index is 0.249. The van der Waals surface area contributed by atoms with Gasteiger partial charge in [-0.3, -0.25) is 4.79 Å². The first kappa shape index (κ1) is 18.4. The van der Waals surface area contributed by atoms with Gasteiger partial charge < -0.3 is 14.5 Å². The lowest BCUT2D eigenvalue weighted by Gasteiger charge is -2.14. The van der Waals surface area contributed by atoms with Gasteiger partial charge in [-0.05, 0) is 49.4 Å². The summed E-state index contributed by atoms with van der Waals surface area (Å²) in [6, 6.07) is 26.0.